The van der Waals surface area contributed by atoms with Crippen LogP contribution in [0.25, 0.3) is 10.9 Å². The first-order valence-electron chi connectivity index (χ1n) is 14.9. The molecule has 0 bridgehead atoms. The first-order chi connectivity index (χ1) is 22.5. The highest BCUT2D eigenvalue weighted by Gasteiger charge is 2.35. The molecule has 47 heavy (non-hydrogen) atoms. The standard InChI is InChI=1S/C34H35N3O9S/c1-21(43-3)16-17-45-33(39)24-8-7-9-27(18-24)47(41,42)36-26-14-12-23(13-15-26)31-29(34(40)46-35-31)19-25-20-37(22(2)32(38)44-4)30-11-6-5-10-28(25)30/h5-15,18,20-22,29,36H,16-17,19H2,1-4H3. The molecule has 1 aromatic heterocycles. The summed E-state index contributed by atoms with van der Waals surface area (Å²) in [7, 11) is -1.15. The molecular formula is C34H35N3O9S. The first kappa shape index (κ1) is 33.4. The van der Waals surface area contributed by atoms with E-state index in [2.05, 4.69) is 9.88 Å². The molecule has 1 aliphatic rings. The molecule has 2 heterocycles. The van der Waals surface area contributed by atoms with Crippen molar-refractivity contribution in [1.82, 2.24) is 4.57 Å². The van der Waals surface area contributed by atoms with Crippen LogP contribution >= 0.6 is 0 Å². The molecule has 3 atom stereocenters. The summed E-state index contributed by atoms with van der Waals surface area (Å²) in [6.45, 7) is 3.73. The van der Waals surface area contributed by atoms with Crippen molar-refractivity contribution in [2.75, 3.05) is 25.5 Å². The van der Waals surface area contributed by atoms with Crippen molar-refractivity contribution in [1.29, 1.82) is 0 Å². The lowest BCUT2D eigenvalue weighted by Crippen LogP contribution is -2.22. The van der Waals surface area contributed by atoms with Crippen LogP contribution in [0.5, 0.6) is 0 Å². The topological polar surface area (TPSA) is 152 Å². The van der Waals surface area contributed by atoms with Gasteiger partial charge in [0, 0.05) is 41.9 Å². The number of nitrogens with zero attached hydrogens (tertiary/aromatic N) is 2. The molecule has 1 aliphatic heterocycles. The van der Waals surface area contributed by atoms with Gasteiger partial charge in [-0.3, -0.25) is 4.72 Å². The van der Waals surface area contributed by atoms with Crippen LogP contribution in [0.15, 0.2) is 89.0 Å². The molecule has 4 aromatic rings. The number of methoxy groups -OCH3 is 2. The Morgan fingerprint density at radius 3 is 2.49 bits per heavy atom. The van der Waals surface area contributed by atoms with E-state index in [0.29, 0.717) is 17.7 Å². The molecule has 12 nitrogen and oxygen atoms in total. The fourth-order valence-electron chi connectivity index (χ4n) is 5.26. The van der Waals surface area contributed by atoms with E-state index in [0.717, 1.165) is 16.5 Å². The third-order valence-electron chi connectivity index (χ3n) is 8.03. The van der Waals surface area contributed by atoms with Crippen LogP contribution in [0.2, 0.25) is 0 Å². The summed E-state index contributed by atoms with van der Waals surface area (Å²) in [6.07, 6.45) is 2.52. The lowest BCUT2D eigenvalue weighted by atomic mass is 9.91. The van der Waals surface area contributed by atoms with E-state index in [1.807, 2.05) is 42.0 Å². The average Bonchev–Trinajstić information content (AvgIpc) is 3.64. The number of esters is 2. The van der Waals surface area contributed by atoms with E-state index >= 15 is 0 Å². The Bertz CT molecular complexity index is 1930. The molecule has 0 saturated carbocycles. The highest BCUT2D eigenvalue weighted by molar-refractivity contribution is 7.92. The van der Waals surface area contributed by atoms with Gasteiger partial charge in [-0.1, -0.05) is 41.6 Å². The fourth-order valence-corrected chi connectivity index (χ4v) is 6.37. The zero-order valence-electron chi connectivity index (χ0n) is 26.3. The van der Waals surface area contributed by atoms with Crippen molar-refractivity contribution in [2.45, 2.75) is 43.7 Å². The van der Waals surface area contributed by atoms with E-state index < -0.39 is 39.9 Å². The monoisotopic (exact) mass is 661 g/mol. The maximum Gasteiger partial charge on any atom is 0.344 e. The number of aromatic nitrogens is 1. The summed E-state index contributed by atoms with van der Waals surface area (Å²) in [5, 5.41) is 4.92. The minimum Gasteiger partial charge on any atom is -0.467 e. The Hall–Kier alpha value is -5.01. The lowest BCUT2D eigenvalue weighted by Gasteiger charge is -2.13. The summed E-state index contributed by atoms with van der Waals surface area (Å²) in [5.41, 5.74) is 2.98. The Labute approximate surface area is 272 Å². The molecule has 0 fully saturated rings. The van der Waals surface area contributed by atoms with E-state index in [-0.39, 0.29) is 35.3 Å². The number of oxime groups is 1. The van der Waals surface area contributed by atoms with Crippen LogP contribution in [0.1, 0.15) is 47.8 Å². The second kappa shape index (κ2) is 14.2. The van der Waals surface area contributed by atoms with Crippen LogP contribution in [-0.2, 0) is 45.1 Å². The predicted octanol–water partition coefficient (Wildman–Crippen LogP) is 4.88. The Kier molecular flexibility index (Phi) is 10.1. The van der Waals surface area contributed by atoms with Crippen LogP contribution in [0, 0.1) is 5.92 Å². The molecule has 5 rings (SSSR count). The second-order valence-corrected chi connectivity index (χ2v) is 12.8. The summed E-state index contributed by atoms with van der Waals surface area (Å²) in [5.74, 6) is -2.28. The van der Waals surface area contributed by atoms with Gasteiger partial charge in [-0.05, 0) is 62.2 Å². The molecule has 13 heteroatoms. The third kappa shape index (κ3) is 7.36. The van der Waals surface area contributed by atoms with Crippen LogP contribution < -0.4 is 4.72 Å². The molecule has 1 N–H and O–H groups in total. The van der Waals surface area contributed by atoms with Gasteiger partial charge in [-0.15, -0.1) is 0 Å². The number of hydrogen-bond acceptors (Lipinski definition) is 10. The predicted molar refractivity (Wildman–Crippen MR) is 174 cm³/mol. The van der Waals surface area contributed by atoms with Gasteiger partial charge in [0.1, 0.15) is 17.7 Å². The van der Waals surface area contributed by atoms with Gasteiger partial charge in [-0.25, -0.2) is 22.8 Å². The van der Waals surface area contributed by atoms with Crippen molar-refractivity contribution in [3.8, 4) is 0 Å². The smallest absolute Gasteiger partial charge is 0.344 e. The highest BCUT2D eigenvalue weighted by atomic mass is 32.2. The summed E-state index contributed by atoms with van der Waals surface area (Å²) in [6, 6.07) is 19.0. The summed E-state index contributed by atoms with van der Waals surface area (Å²) >= 11 is 0. The zero-order chi connectivity index (χ0) is 33.7. The number of benzene rings is 3. The van der Waals surface area contributed by atoms with Gasteiger partial charge >= 0.3 is 17.9 Å². The van der Waals surface area contributed by atoms with Crippen LogP contribution in [0.4, 0.5) is 5.69 Å². The molecule has 0 amide bonds. The van der Waals surface area contributed by atoms with Gasteiger partial charge < -0.3 is 23.6 Å². The van der Waals surface area contributed by atoms with Crippen molar-refractivity contribution in [2.24, 2.45) is 11.1 Å². The van der Waals surface area contributed by atoms with Crippen molar-refractivity contribution >= 4 is 50.2 Å². The van der Waals surface area contributed by atoms with Gasteiger partial charge in [-0.2, -0.15) is 0 Å². The lowest BCUT2D eigenvalue weighted by molar-refractivity contribution is -0.144. The van der Waals surface area contributed by atoms with E-state index in [4.69, 9.17) is 19.0 Å². The van der Waals surface area contributed by atoms with Crippen molar-refractivity contribution in [3.05, 3.63) is 95.7 Å². The Morgan fingerprint density at radius 1 is 1.02 bits per heavy atom. The van der Waals surface area contributed by atoms with E-state index in [1.165, 1.54) is 31.4 Å². The zero-order valence-corrected chi connectivity index (χ0v) is 27.2. The van der Waals surface area contributed by atoms with E-state index in [1.54, 1.807) is 38.3 Å². The summed E-state index contributed by atoms with van der Waals surface area (Å²) in [4.78, 5) is 42.6. The van der Waals surface area contributed by atoms with Crippen molar-refractivity contribution in [3.63, 3.8) is 0 Å². The number of carbonyl (C=O) groups excluding carboxylic acids is 3. The maximum absolute atomic E-state index is 13.2. The molecule has 3 aromatic carbocycles. The number of carbonyl (C=O) groups is 3. The highest BCUT2D eigenvalue weighted by Crippen LogP contribution is 2.31. The normalized spacial score (nSPS) is 15.9. The second-order valence-electron chi connectivity index (χ2n) is 11.1. The number of fused-ring (bicyclic) bond motifs is 1. The number of hydrogen-bond donors (Lipinski definition) is 1. The van der Waals surface area contributed by atoms with Crippen LogP contribution in [-0.4, -0.2) is 63.5 Å². The minimum absolute atomic E-state index is 0.0823. The summed E-state index contributed by atoms with van der Waals surface area (Å²) < 4.78 is 46.0. The van der Waals surface area contributed by atoms with Gasteiger partial charge in [0.2, 0.25) is 0 Å². The molecule has 246 valence electrons. The van der Waals surface area contributed by atoms with Crippen molar-refractivity contribution < 1.29 is 41.8 Å². The molecule has 0 radical (unpaired) electrons. The minimum atomic E-state index is -4.06. The van der Waals surface area contributed by atoms with Gasteiger partial charge in [0.25, 0.3) is 10.0 Å². The quantitative estimate of drug-likeness (QED) is 0.156. The third-order valence-corrected chi connectivity index (χ3v) is 9.41. The number of sulfonamides is 1. The fraction of sp³-hybridized carbons (Fsp3) is 0.294. The number of para-hydroxylation sites is 1. The molecule has 0 saturated heterocycles. The Morgan fingerprint density at radius 2 is 1.77 bits per heavy atom. The largest absolute Gasteiger partial charge is 0.467 e. The van der Waals surface area contributed by atoms with E-state index in [9.17, 15) is 22.8 Å². The maximum atomic E-state index is 13.2. The molecule has 3 unspecified atom stereocenters. The first-order valence-corrected chi connectivity index (χ1v) is 16.4. The van der Waals surface area contributed by atoms with Gasteiger partial charge in [0.05, 0.1) is 30.3 Å². The molecular weight excluding hydrogens is 626 g/mol. The average molecular weight is 662 g/mol. The number of rotatable bonds is 13. The molecule has 0 aliphatic carbocycles. The number of ether oxygens (including phenoxy) is 3. The van der Waals surface area contributed by atoms with Gasteiger partial charge in [0.15, 0.2) is 0 Å². The molecule has 0 spiro atoms. The SMILES string of the molecule is COC(=O)C(C)n1cc(CC2C(=O)ON=C2c2ccc(NS(=O)(=O)c3cccc(C(=O)OCCC(C)OC)c3)cc2)c2ccccc21. The Balaban J connectivity index is 1.30. The number of anilines is 1. The van der Waals surface area contributed by atoms with Crippen LogP contribution in [0.3, 0.4) is 0 Å². The number of nitrogens with one attached hydrogen (secondary N) is 1.